The molecular formula is C11H14N2O5. The number of aromatic nitrogens is 1. The van der Waals surface area contributed by atoms with Gasteiger partial charge in [0.15, 0.2) is 0 Å². The molecule has 2 rings (SSSR count). The number of aliphatic hydroxyl groups is 3. The molecule has 0 spiro atoms. The lowest BCUT2D eigenvalue weighted by molar-refractivity contribution is -0.0228. The van der Waals surface area contributed by atoms with Crippen molar-refractivity contribution in [2.24, 2.45) is 5.73 Å². The van der Waals surface area contributed by atoms with Gasteiger partial charge in [0.2, 0.25) is 0 Å². The molecule has 0 aliphatic carbocycles. The van der Waals surface area contributed by atoms with E-state index in [4.69, 9.17) is 15.6 Å². The number of aliphatic hydroxyl groups excluding tert-OH is 3. The first-order chi connectivity index (χ1) is 8.54. The number of amides is 1. The van der Waals surface area contributed by atoms with Crippen LogP contribution in [0.5, 0.6) is 0 Å². The third-order valence-corrected chi connectivity index (χ3v) is 2.91. The van der Waals surface area contributed by atoms with Crippen molar-refractivity contribution < 1.29 is 24.9 Å². The van der Waals surface area contributed by atoms with Gasteiger partial charge in [0.1, 0.15) is 30.1 Å². The van der Waals surface area contributed by atoms with Crippen LogP contribution in [0, 0.1) is 0 Å². The number of rotatable bonds is 3. The molecule has 1 saturated heterocycles. The summed E-state index contributed by atoms with van der Waals surface area (Å²) in [7, 11) is 0. The third kappa shape index (κ3) is 2.21. The van der Waals surface area contributed by atoms with Crippen LogP contribution < -0.4 is 5.73 Å². The lowest BCUT2D eigenvalue weighted by Gasteiger charge is -2.14. The zero-order valence-corrected chi connectivity index (χ0v) is 9.43. The van der Waals surface area contributed by atoms with E-state index in [2.05, 4.69) is 4.98 Å². The van der Waals surface area contributed by atoms with Gasteiger partial charge in [-0.25, -0.2) is 0 Å². The highest BCUT2D eigenvalue weighted by Gasteiger charge is 2.43. The number of carbonyl (C=O) groups is 1. The van der Waals surface area contributed by atoms with E-state index in [1.54, 1.807) is 0 Å². The second kappa shape index (κ2) is 4.99. The van der Waals surface area contributed by atoms with E-state index in [9.17, 15) is 15.0 Å². The van der Waals surface area contributed by atoms with Crippen molar-refractivity contribution in [1.82, 2.24) is 4.98 Å². The Kier molecular flexibility index (Phi) is 3.58. The van der Waals surface area contributed by atoms with Crippen molar-refractivity contribution in [2.75, 3.05) is 6.61 Å². The molecule has 0 saturated carbocycles. The second-order valence-corrected chi connectivity index (χ2v) is 4.10. The lowest BCUT2D eigenvalue weighted by atomic mass is 10.0. The molecule has 98 valence electrons. The zero-order chi connectivity index (χ0) is 13.3. The van der Waals surface area contributed by atoms with Crippen molar-refractivity contribution in [3.63, 3.8) is 0 Å². The zero-order valence-electron chi connectivity index (χ0n) is 9.43. The van der Waals surface area contributed by atoms with Gasteiger partial charge >= 0.3 is 0 Å². The number of carbonyl (C=O) groups excluding carboxylic acids is 1. The van der Waals surface area contributed by atoms with Crippen molar-refractivity contribution in [3.05, 3.63) is 29.6 Å². The van der Waals surface area contributed by atoms with Crippen molar-refractivity contribution in [1.29, 1.82) is 0 Å². The van der Waals surface area contributed by atoms with Crippen LogP contribution in [0.3, 0.4) is 0 Å². The summed E-state index contributed by atoms with van der Waals surface area (Å²) in [5.41, 5.74) is 5.66. The molecule has 1 fully saturated rings. The minimum absolute atomic E-state index is 0.102. The highest BCUT2D eigenvalue weighted by atomic mass is 16.6. The molecule has 0 radical (unpaired) electrons. The molecule has 4 atom stereocenters. The largest absolute Gasteiger partial charge is 0.394 e. The van der Waals surface area contributed by atoms with E-state index in [1.807, 2.05) is 0 Å². The average molecular weight is 254 g/mol. The maximum absolute atomic E-state index is 10.9. The molecule has 0 aromatic carbocycles. The summed E-state index contributed by atoms with van der Waals surface area (Å²) in [6.07, 6.45) is -2.58. The Bertz CT molecular complexity index is 436. The Morgan fingerprint density at radius 1 is 1.39 bits per heavy atom. The molecule has 1 aliphatic heterocycles. The van der Waals surface area contributed by atoms with Crippen LogP contribution in [0.1, 0.15) is 22.2 Å². The predicted octanol–water partition coefficient (Wildman–Crippen LogP) is -1.67. The number of nitrogens with zero attached hydrogens (tertiary/aromatic N) is 1. The summed E-state index contributed by atoms with van der Waals surface area (Å²) in [5.74, 6) is -0.650. The van der Waals surface area contributed by atoms with Gasteiger partial charge < -0.3 is 25.8 Å². The molecule has 7 nitrogen and oxygen atoms in total. The Balaban J connectivity index is 2.19. The van der Waals surface area contributed by atoms with Crippen molar-refractivity contribution in [2.45, 2.75) is 24.4 Å². The maximum Gasteiger partial charge on any atom is 0.267 e. The van der Waals surface area contributed by atoms with Crippen molar-refractivity contribution >= 4 is 5.91 Å². The van der Waals surface area contributed by atoms with Gasteiger partial charge in [0, 0.05) is 11.8 Å². The Morgan fingerprint density at radius 2 is 2.11 bits per heavy atom. The van der Waals surface area contributed by atoms with Gasteiger partial charge in [-0.3, -0.25) is 9.78 Å². The molecule has 1 aromatic rings. The Morgan fingerprint density at radius 3 is 2.56 bits per heavy atom. The van der Waals surface area contributed by atoms with E-state index in [-0.39, 0.29) is 12.3 Å². The molecule has 7 heteroatoms. The quantitative estimate of drug-likeness (QED) is 0.511. The molecule has 1 unspecified atom stereocenters. The highest BCUT2D eigenvalue weighted by Crippen LogP contribution is 2.32. The summed E-state index contributed by atoms with van der Waals surface area (Å²) < 4.78 is 5.32. The summed E-state index contributed by atoms with van der Waals surface area (Å²) >= 11 is 0. The standard InChI is InChI=1S/C11H14N2O5/c12-11(17)6-2-1-5(3-13-6)10-9(16)8(15)7(4-14)18-10/h1-3,7-10,14-16H,4H2,(H2,12,17)/t7-,8-,9-,10?/m1/s1. The molecule has 0 bridgehead atoms. The first-order valence-corrected chi connectivity index (χ1v) is 5.42. The fourth-order valence-corrected chi connectivity index (χ4v) is 1.89. The van der Waals surface area contributed by atoms with Gasteiger partial charge in [-0.2, -0.15) is 0 Å². The first-order valence-electron chi connectivity index (χ1n) is 5.42. The van der Waals surface area contributed by atoms with Crippen LogP contribution in [0.4, 0.5) is 0 Å². The number of primary amides is 1. The number of nitrogens with two attached hydrogens (primary N) is 1. The first kappa shape index (κ1) is 12.9. The molecule has 5 N–H and O–H groups in total. The van der Waals surface area contributed by atoms with Crippen LogP contribution in [0.2, 0.25) is 0 Å². The average Bonchev–Trinajstić information content (AvgIpc) is 2.66. The minimum atomic E-state index is -1.16. The maximum atomic E-state index is 10.9. The van der Waals surface area contributed by atoms with Crippen LogP contribution in [-0.2, 0) is 4.74 Å². The summed E-state index contributed by atoms with van der Waals surface area (Å²) in [6, 6.07) is 2.94. The molecule has 1 amide bonds. The summed E-state index contributed by atoms with van der Waals surface area (Å²) in [6.45, 7) is -0.387. The number of hydrogen-bond donors (Lipinski definition) is 4. The van der Waals surface area contributed by atoms with Gasteiger partial charge in [0.05, 0.1) is 6.61 Å². The number of ether oxygens (including phenoxy) is 1. The fraction of sp³-hybridized carbons (Fsp3) is 0.455. The third-order valence-electron chi connectivity index (χ3n) is 2.91. The SMILES string of the molecule is NC(=O)c1ccc(C2O[C@H](CO)[C@@H](O)[C@H]2O)cn1. The number of pyridine rings is 1. The van der Waals surface area contributed by atoms with Crippen LogP contribution in [0.15, 0.2) is 18.3 Å². The van der Waals surface area contributed by atoms with Gasteiger partial charge in [-0.1, -0.05) is 6.07 Å². The monoisotopic (exact) mass is 254 g/mol. The second-order valence-electron chi connectivity index (χ2n) is 4.10. The van der Waals surface area contributed by atoms with E-state index >= 15 is 0 Å². The minimum Gasteiger partial charge on any atom is -0.394 e. The van der Waals surface area contributed by atoms with E-state index < -0.39 is 30.3 Å². The fourth-order valence-electron chi connectivity index (χ4n) is 1.89. The lowest BCUT2D eigenvalue weighted by Crippen LogP contribution is -2.32. The molecule has 1 aromatic heterocycles. The Labute approximate surface area is 103 Å². The van der Waals surface area contributed by atoms with Crippen LogP contribution in [-0.4, -0.2) is 51.1 Å². The molecule has 2 heterocycles. The van der Waals surface area contributed by atoms with E-state index in [1.165, 1.54) is 18.3 Å². The van der Waals surface area contributed by atoms with Crippen LogP contribution in [0.25, 0.3) is 0 Å². The van der Waals surface area contributed by atoms with Gasteiger partial charge in [0.25, 0.3) is 5.91 Å². The molecule has 18 heavy (non-hydrogen) atoms. The van der Waals surface area contributed by atoms with Crippen LogP contribution >= 0.6 is 0 Å². The summed E-state index contributed by atoms with van der Waals surface area (Å²) in [4.78, 5) is 14.7. The predicted molar refractivity (Wildman–Crippen MR) is 59.5 cm³/mol. The molecule has 1 aliphatic rings. The van der Waals surface area contributed by atoms with Gasteiger partial charge in [-0.05, 0) is 6.07 Å². The van der Waals surface area contributed by atoms with E-state index in [0.717, 1.165) is 0 Å². The van der Waals surface area contributed by atoms with Gasteiger partial charge in [-0.15, -0.1) is 0 Å². The number of hydrogen-bond acceptors (Lipinski definition) is 6. The highest BCUT2D eigenvalue weighted by molar-refractivity contribution is 5.90. The summed E-state index contributed by atoms with van der Waals surface area (Å²) in [5, 5.41) is 28.4. The normalized spacial score (nSPS) is 31.5. The van der Waals surface area contributed by atoms with E-state index in [0.29, 0.717) is 5.56 Å². The van der Waals surface area contributed by atoms with Crippen molar-refractivity contribution in [3.8, 4) is 0 Å². The molecular weight excluding hydrogens is 240 g/mol. The Hall–Kier alpha value is -1.54. The topological polar surface area (TPSA) is 126 Å². The smallest absolute Gasteiger partial charge is 0.267 e.